The smallest absolute Gasteiger partial charge is 0.242 e. The fourth-order valence-electron chi connectivity index (χ4n) is 2.61. The zero-order valence-corrected chi connectivity index (χ0v) is 12.6. The third kappa shape index (κ3) is 1.89. The van der Waals surface area contributed by atoms with Crippen LogP contribution in [0.3, 0.4) is 0 Å². The summed E-state index contributed by atoms with van der Waals surface area (Å²) in [6, 6.07) is 7.09. The lowest BCUT2D eigenvalue weighted by Gasteiger charge is -2.25. The van der Waals surface area contributed by atoms with E-state index in [0.717, 1.165) is 0 Å². The van der Waals surface area contributed by atoms with E-state index >= 15 is 0 Å². The van der Waals surface area contributed by atoms with Crippen molar-refractivity contribution in [2.24, 2.45) is 5.41 Å². The van der Waals surface area contributed by atoms with Gasteiger partial charge in [-0.15, -0.1) is 0 Å². The molecule has 0 saturated carbocycles. The van der Waals surface area contributed by atoms with Crippen LogP contribution in [0.1, 0.15) is 20.0 Å². The summed E-state index contributed by atoms with van der Waals surface area (Å²) in [5, 5.41) is 4.03. The Balaban J connectivity index is 2.18. The number of aromatic nitrogens is 3. The number of rotatable bonds is 3. The van der Waals surface area contributed by atoms with E-state index < -0.39 is 11.6 Å². The van der Waals surface area contributed by atoms with E-state index in [0.29, 0.717) is 11.4 Å². The Morgan fingerprint density at radius 1 is 1.23 bits per heavy atom. The molecule has 7 heteroatoms. The molecule has 1 aliphatic rings. The van der Waals surface area contributed by atoms with Crippen LogP contribution in [0, 0.1) is 5.41 Å². The largest absolute Gasteiger partial charge is 0.495 e. The summed E-state index contributed by atoms with van der Waals surface area (Å²) in [7, 11) is 1.52. The summed E-state index contributed by atoms with van der Waals surface area (Å²) < 4.78 is 6.71. The molecular weight excluding hydrogens is 284 g/mol. The summed E-state index contributed by atoms with van der Waals surface area (Å²) in [4.78, 5) is 30.8. The number of para-hydroxylation sites is 2. The van der Waals surface area contributed by atoms with Crippen molar-refractivity contribution in [3.05, 3.63) is 36.9 Å². The number of amides is 1. The molecule has 22 heavy (non-hydrogen) atoms. The van der Waals surface area contributed by atoms with E-state index in [-0.39, 0.29) is 11.7 Å². The van der Waals surface area contributed by atoms with Crippen molar-refractivity contribution in [2.75, 3.05) is 12.0 Å². The first kappa shape index (κ1) is 14.2. The lowest BCUT2D eigenvalue weighted by Crippen LogP contribution is -2.34. The number of hydrogen-bond acceptors (Lipinski definition) is 5. The first-order chi connectivity index (χ1) is 10.5. The molecule has 1 aliphatic heterocycles. The van der Waals surface area contributed by atoms with E-state index in [4.69, 9.17) is 4.74 Å². The zero-order chi connectivity index (χ0) is 15.9. The molecule has 0 aliphatic carbocycles. The number of carbonyl (C=O) groups excluding carboxylic acids is 2. The maximum Gasteiger partial charge on any atom is 0.242 e. The molecule has 1 amide bonds. The first-order valence-corrected chi connectivity index (χ1v) is 6.83. The maximum absolute atomic E-state index is 12.8. The molecule has 114 valence electrons. The molecule has 1 unspecified atom stereocenters. The van der Waals surface area contributed by atoms with E-state index in [2.05, 4.69) is 10.1 Å². The van der Waals surface area contributed by atoms with Gasteiger partial charge in [0.05, 0.1) is 12.8 Å². The number of methoxy groups -OCH3 is 1. The quantitative estimate of drug-likeness (QED) is 0.801. The van der Waals surface area contributed by atoms with Gasteiger partial charge in [-0.3, -0.25) is 14.5 Å². The first-order valence-electron chi connectivity index (χ1n) is 6.83. The van der Waals surface area contributed by atoms with Gasteiger partial charge < -0.3 is 4.74 Å². The van der Waals surface area contributed by atoms with Crippen LogP contribution in [0.15, 0.2) is 36.9 Å². The summed E-state index contributed by atoms with van der Waals surface area (Å²) in [6.45, 7) is 3.24. The number of hydrogen-bond donors (Lipinski definition) is 0. The molecule has 1 fully saturated rings. The normalized spacial score (nSPS) is 20.5. The number of benzene rings is 1. The molecule has 7 nitrogen and oxygen atoms in total. The highest BCUT2D eigenvalue weighted by Gasteiger charge is 2.55. The highest BCUT2D eigenvalue weighted by atomic mass is 16.5. The SMILES string of the molecule is COc1ccccc1N1C(=O)C(C)(C)C(=O)C1n1cncn1. The number of carbonyl (C=O) groups is 2. The number of Topliss-reactive ketones (excluding diaryl/α,β-unsaturated/α-hetero) is 1. The minimum Gasteiger partial charge on any atom is -0.495 e. The molecule has 3 rings (SSSR count). The second kappa shape index (κ2) is 4.94. The molecule has 2 heterocycles. The van der Waals surface area contributed by atoms with Crippen LogP contribution in [0.5, 0.6) is 5.75 Å². The van der Waals surface area contributed by atoms with Crippen molar-refractivity contribution >= 4 is 17.4 Å². The molecule has 1 aromatic carbocycles. The Morgan fingerprint density at radius 3 is 2.59 bits per heavy atom. The van der Waals surface area contributed by atoms with Gasteiger partial charge in [0.15, 0.2) is 11.9 Å². The van der Waals surface area contributed by atoms with Crippen LogP contribution in [0.25, 0.3) is 0 Å². The van der Waals surface area contributed by atoms with Gasteiger partial charge in [-0.2, -0.15) is 5.10 Å². The maximum atomic E-state index is 12.8. The van der Waals surface area contributed by atoms with Crippen molar-refractivity contribution in [2.45, 2.75) is 20.0 Å². The van der Waals surface area contributed by atoms with Gasteiger partial charge >= 0.3 is 0 Å². The third-order valence-corrected chi connectivity index (χ3v) is 3.88. The second-order valence-corrected chi connectivity index (χ2v) is 5.59. The topological polar surface area (TPSA) is 77.3 Å². The lowest BCUT2D eigenvalue weighted by molar-refractivity contribution is -0.133. The fourth-order valence-corrected chi connectivity index (χ4v) is 2.61. The van der Waals surface area contributed by atoms with Crippen LogP contribution >= 0.6 is 0 Å². The van der Waals surface area contributed by atoms with Crippen LogP contribution in [-0.4, -0.2) is 33.6 Å². The van der Waals surface area contributed by atoms with E-state index in [1.54, 1.807) is 38.1 Å². The Morgan fingerprint density at radius 2 is 1.95 bits per heavy atom. The number of nitrogens with zero attached hydrogens (tertiary/aromatic N) is 4. The summed E-state index contributed by atoms with van der Waals surface area (Å²) >= 11 is 0. The predicted octanol–water partition coefficient (Wildman–Crippen LogP) is 1.43. The molecule has 0 N–H and O–H groups in total. The summed E-state index contributed by atoms with van der Waals surface area (Å²) in [5.74, 6) is 0.00266. The predicted molar refractivity (Wildman–Crippen MR) is 78.3 cm³/mol. The van der Waals surface area contributed by atoms with Crippen molar-refractivity contribution in [1.82, 2.24) is 14.8 Å². The van der Waals surface area contributed by atoms with Gasteiger partial charge in [0.1, 0.15) is 23.8 Å². The van der Waals surface area contributed by atoms with Gasteiger partial charge in [-0.1, -0.05) is 12.1 Å². The Bertz CT molecular complexity index is 724. The molecule has 1 aromatic heterocycles. The van der Waals surface area contributed by atoms with Crippen molar-refractivity contribution in [1.29, 1.82) is 0 Å². The molecular formula is C15H16N4O3. The van der Waals surface area contributed by atoms with Crippen molar-refractivity contribution in [3.8, 4) is 5.75 Å². The van der Waals surface area contributed by atoms with Crippen LogP contribution in [0.4, 0.5) is 5.69 Å². The van der Waals surface area contributed by atoms with Gasteiger partial charge in [0, 0.05) is 0 Å². The zero-order valence-electron chi connectivity index (χ0n) is 12.6. The van der Waals surface area contributed by atoms with Crippen molar-refractivity contribution in [3.63, 3.8) is 0 Å². The van der Waals surface area contributed by atoms with Gasteiger partial charge in [-0.25, -0.2) is 9.67 Å². The molecule has 2 aromatic rings. The fraction of sp³-hybridized carbons (Fsp3) is 0.333. The van der Waals surface area contributed by atoms with E-state index in [9.17, 15) is 9.59 Å². The van der Waals surface area contributed by atoms with Crippen LogP contribution in [0.2, 0.25) is 0 Å². The minimum absolute atomic E-state index is 0.228. The average Bonchev–Trinajstić information content (AvgIpc) is 3.09. The van der Waals surface area contributed by atoms with Crippen molar-refractivity contribution < 1.29 is 14.3 Å². The Hall–Kier alpha value is -2.70. The summed E-state index contributed by atoms with van der Waals surface area (Å²) in [6.07, 6.45) is 1.91. The van der Waals surface area contributed by atoms with Gasteiger partial charge in [-0.05, 0) is 26.0 Å². The molecule has 1 atom stereocenters. The standard InChI is InChI=1S/C15H16N4O3/c1-15(2)12(20)13(18-9-16-8-17-18)19(14(15)21)10-6-4-5-7-11(10)22-3/h4-9,13H,1-3H3. The van der Waals surface area contributed by atoms with Crippen LogP contribution < -0.4 is 9.64 Å². The number of ether oxygens (including phenoxy) is 1. The molecule has 0 radical (unpaired) electrons. The molecule has 1 saturated heterocycles. The summed E-state index contributed by atoms with van der Waals surface area (Å²) in [5.41, 5.74) is -0.591. The van der Waals surface area contributed by atoms with E-state index in [1.165, 1.54) is 29.3 Å². The minimum atomic E-state index is -1.13. The highest BCUT2D eigenvalue weighted by Crippen LogP contribution is 2.43. The third-order valence-electron chi connectivity index (χ3n) is 3.88. The number of anilines is 1. The van der Waals surface area contributed by atoms with E-state index in [1.807, 2.05) is 0 Å². The highest BCUT2D eigenvalue weighted by molar-refractivity contribution is 6.21. The molecule has 0 spiro atoms. The second-order valence-electron chi connectivity index (χ2n) is 5.59. The lowest BCUT2D eigenvalue weighted by atomic mass is 9.90. The Labute approximate surface area is 127 Å². The molecule has 0 bridgehead atoms. The monoisotopic (exact) mass is 300 g/mol. The Kier molecular flexibility index (Phi) is 3.20. The van der Waals surface area contributed by atoms with Gasteiger partial charge in [0.25, 0.3) is 0 Å². The average molecular weight is 300 g/mol. The van der Waals surface area contributed by atoms with Gasteiger partial charge in [0.2, 0.25) is 5.91 Å². The number of ketones is 1. The van der Waals surface area contributed by atoms with Crippen LogP contribution in [-0.2, 0) is 9.59 Å².